The normalized spacial score (nSPS) is 10.3. The SMILES string of the molecule is CCOc1c(Br)cc(C(=O)Nc2nc(C(C)=O)cs2)cc1OC. The minimum atomic E-state index is -0.350. The van der Waals surface area contributed by atoms with Gasteiger partial charge in [0.2, 0.25) is 0 Å². The van der Waals surface area contributed by atoms with Crippen LogP contribution in [0.25, 0.3) is 0 Å². The largest absolute Gasteiger partial charge is 0.493 e. The van der Waals surface area contributed by atoms with Crippen molar-refractivity contribution in [3.8, 4) is 11.5 Å². The van der Waals surface area contributed by atoms with Crippen LogP contribution in [0.4, 0.5) is 5.13 Å². The second-order valence-electron chi connectivity index (χ2n) is 4.47. The first-order chi connectivity index (χ1) is 11.0. The lowest BCUT2D eigenvalue weighted by molar-refractivity contribution is 0.100. The van der Waals surface area contributed by atoms with Gasteiger partial charge in [-0.1, -0.05) is 0 Å². The van der Waals surface area contributed by atoms with E-state index in [-0.39, 0.29) is 11.7 Å². The summed E-state index contributed by atoms with van der Waals surface area (Å²) in [4.78, 5) is 27.6. The quantitative estimate of drug-likeness (QED) is 0.749. The number of carbonyl (C=O) groups excluding carboxylic acids is 2. The van der Waals surface area contributed by atoms with Crippen molar-refractivity contribution in [2.45, 2.75) is 13.8 Å². The van der Waals surface area contributed by atoms with Gasteiger partial charge in [-0.2, -0.15) is 0 Å². The van der Waals surface area contributed by atoms with Gasteiger partial charge in [-0.3, -0.25) is 14.9 Å². The number of aromatic nitrogens is 1. The molecule has 8 heteroatoms. The standard InChI is InChI=1S/C15H15BrN2O4S/c1-4-22-13-10(16)5-9(6-12(13)21-3)14(20)18-15-17-11(7-23-15)8(2)19/h5-7H,4H2,1-3H3,(H,17,18,20). The number of rotatable bonds is 6. The lowest BCUT2D eigenvalue weighted by Gasteiger charge is -2.13. The topological polar surface area (TPSA) is 77.5 Å². The van der Waals surface area contributed by atoms with Crippen molar-refractivity contribution in [2.75, 3.05) is 19.0 Å². The molecule has 0 bridgehead atoms. The minimum Gasteiger partial charge on any atom is -0.493 e. The summed E-state index contributed by atoms with van der Waals surface area (Å²) in [6.45, 7) is 3.77. The van der Waals surface area contributed by atoms with E-state index < -0.39 is 0 Å². The molecule has 2 aromatic rings. The zero-order valence-electron chi connectivity index (χ0n) is 12.8. The number of halogens is 1. The fourth-order valence-corrected chi connectivity index (χ4v) is 3.10. The number of benzene rings is 1. The van der Waals surface area contributed by atoms with Crippen molar-refractivity contribution >= 4 is 44.1 Å². The van der Waals surface area contributed by atoms with E-state index in [0.717, 1.165) is 0 Å². The predicted molar refractivity (Wildman–Crippen MR) is 91.9 cm³/mol. The van der Waals surface area contributed by atoms with Crippen LogP contribution in [0.15, 0.2) is 22.0 Å². The van der Waals surface area contributed by atoms with Gasteiger partial charge in [0.05, 0.1) is 18.2 Å². The van der Waals surface area contributed by atoms with Crippen LogP contribution in [0.2, 0.25) is 0 Å². The van der Waals surface area contributed by atoms with E-state index in [1.807, 2.05) is 6.92 Å². The van der Waals surface area contributed by atoms with Gasteiger partial charge in [0.1, 0.15) is 5.69 Å². The molecule has 122 valence electrons. The molecule has 0 fully saturated rings. The highest BCUT2D eigenvalue weighted by Crippen LogP contribution is 2.36. The number of methoxy groups -OCH3 is 1. The molecule has 6 nitrogen and oxygen atoms in total. The van der Waals surface area contributed by atoms with E-state index in [0.29, 0.717) is 39.0 Å². The number of hydrogen-bond acceptors (Lipinski definition) is 6. The summed E-state index contributed by atoms with van der Waals surface area (Å²) in [5.74, 6) is 0.498. The number of Topliss-reactive ketones (excluding diaryl/α,β-unsaturated/α-hetero) is 1. The van der Waals surface area contributed by atoms with E-state index in [1.54, 1.807) is 17.5 Å². The van der Waals surface area contributed by atoms with Crippen LogP contribution in [0, 0.1) is 0 Å². The third-order valence-corrected chi connectivity index (χ3v) is 4.21. The number of anilines is 1. The second kappa shape index (κ2) is 7.56. The number of thiazole rings is 1. The molecule has 1 heterocycles. The third kappa shape index (κ3) is 4.08. The van der Waals surface area contributed by atoms with Crippen LogP contribution >= 0.6 is 27.3 Å². The van der Waals surface area contributed by atoms with E-state index >= 15 is 0 Å². The van der Waals surface area contributed by atoms with Crippen LogP contribution in [0.3, 0.4) is 0 Å². The summed E-state index contributed by atoms with van der Waals surface area (Å²) in [6.07, 6.45) is 0. The zero-order valence-corrected chi connectivity index (χ0v) is 15.2. The Morgan fingerprint density at radius 2 is 2.13 bits per heavy atom. The molecule has 0 saturated heterocycles. The Morgan fingerprint density at radius 1 is 1.39 bits per heavy atom. The first-order valence-electron chi connectivity index (χ1n) is 6.74. The molecule has 0 spiro atoms. The van der Waals surface area contributed by atoms with E-state index in [4.69, 9.17) is 9.47 Å². The minimum absolute atomic E-state index is 0.146. The van der Waals surface area contributed by atoms with Crippen LogP contribution in [-0.2, 0) is 0 Å². The molecule has 0 aliphatic rings. The maximum absolute atomic E-state index is 12.3. The molecule has 1 aromatic heterocycles. The van der Waals surface area contributed by atoms with Gasteiger partial charge < -0.3 is 9.47 Å². The van der Waals surface area contributed by atoms with Gasteiger partial charge in [-0.25, -0.2) is 4.98 Å². The second-order valence-corrected chi connectivity index (χ2v) is 6.18. The summed E-state index contributed by atoms with van der Waals surface area (Å²) >= 11 is 4.57. The highest BCUT2D eigenvalue weighted by atomic mass is 79.9. The molecule has 0 aliphatic carbocycles. The van der Waals surface area contributed by atoms with Gasteiger partial charge >= 0.3 is 0 Å². The highest BCUT2D eigenvalue weighted by molar-refractivity contribution is 9.10. The molecular weight excluding hydrogens is 384 g/mol. The number of hydrogen-bond donors (Lipinski definition) is 1. The number of ketones is 1. The molecule has 1 aromatic carbocycles. The van der Waals surface area contributed by atoms with Crippen molar-refractivity contribution < 1.29 is 19.1 Å². The average molecular weight is 399 g/mol. The number of amides is 1. The number of carbonyl (C=O) groups is 2. The summed E-state index contributed by atoms with van der Waals surface area (Å²) in [5.41, 5.74) is 0.715. The molecule has 0 aliphatic heterocycles. The summed E-state index contributed by atoms with van der Waals surface area (Å²) in [6, 6.07) is 3.23. The maximum Gasteiger partial charge on any atom is 0.257 e. The van der Waals surface area contributed by atoms with Crippen molar-refractivity contribution in [2.24, 2.45) is 0 Å². The van der Waals surface area contributed by atoms with E-state index in [9.17, 15) is 9.59 Å². The van der Waals surface area contributed by atoms with Crippen LogP contribution in [-0.4, -0.2) is 30.4 Å². The lowest BCUT2D eigenvalue weighted by Crippen LogP contribution is -2.12. The molecule has 1 N–H and O–H groups in total. The zero-order chi connectivity index (χ0) is 17.0. The molecule has 1 amide bonds. The van der Waals surface area contributed by atoms with E-state index in [2.05, 4.69) is 26.2 Å². The number of nitrogens with zero attached hydrogens (tertiary/aromatic N) is 1. The Balaban J connectivity index is 2.24. The first kappa shape index (κ1) is 17.4. The van der Waals surface area contributed by atoms with E-state index in [1.165, 1.54) is 25.4 Å². The average Bonchev–Trinajstić information content (AvgIpc) is 2.97. The molecule has 23 heavy (non-hydrogen) atoms. The molecule has 0 saturated carbocycles. The van der Waals surface area contributed by atoms with Crippen molar-refractivity contribution in [1.82, 2.24) is 4.98 Å². The lowest BCUT2D eigenvalue weighted by atomic mass is 10.2. The molecule has 0 atom stereocenters. The van der Waals surface area contributed by atoms with Gasteiger partial charge in [-0.05, 0) is 35.0 Å². The Bertz CT molecular complexity index is 745. The van der Waals surface area contributed by atoms with Crippen molar-refractivity contribution in [3.05, 3.63) is 33.2 Å². The Kier molecular flexibility index (Phi) is 5.73. The fraction of sp³-hybridized carbons (Fsp3) is 0.267. The third-order valence-electron chi connectivity index (χ3n) is 2.87. The number of ether oxygens (including phenoxy) is 2. The summed E-state index contributed by atoms with van der Waals surface area (Å²) < 4.78 is 11.4. The summed E-state index contributed by atoms with van der Waals surface area (Å²) in [5, 5.41) is 4.63. The van der Waals surface area contributed by atoms with Crippen LogP contribution in [0.5, 0.6) is 11.5 Å². The van der Waals surface area contributed by atoms with Gasteiger partial charge in [0.15, 0.2) is 22.4 Å². The Hall–Kier alpha value is -1.93. The molecule has 0 unspecified atom stereocenters. The fourth-order valence-electron chi connectivity index (χ4n) is 1.80. The molecular formula is C15H15BrN2O4S. The molecule has 2 rings (SSSR count). The molecule has 0 radical (unpaired) electrons. The smallest absolute Gasteiger partial charge is 0.257 e. The van der Waals surface area contributed by atoms with Crippen molar-refractivity contribution in [3.63, 3.8) is 0 Å². The Morgan fingerprint density at radius 3 is 2.70 bits per heavy atom. The van der Waals surface area contributed by atoms with Crippen LogP contribution in [0.1, 0.15) is 34.7 Å². The maximum atomic E-state index is 12.3. The van der Waals surface area contributed by atoms with Gasteiger partial charge in [0, 0.05) is 17.9 Å². The number of nitrogens with one attached hydrogen (secondary N) is 1. The first-order valence-corrected chi connectivity index (χ1v) is 8.41. The van der Waals surface area contributed by atoms with Crippen molar-refractivity contribution in [1.29, 1.82) is 0 Å². The highest BCUT2D eigenvalue weighted by Gasteiger charge is 2.17. The van der Waals surface area contributed by atoms with Gasteiger partial charge in [-0.15, -0.1) is 11.3 Å². The monoisotopic (exact) mass is 398 g/mol. The summed E-state index contributed by atoms with van der Waals surface area (Å²) in [7, 11) is 1.51. The Labute approximate surface area is 146 Å². The van der Waals surface area contributed by atoms with Crippen LogP contribution < -0.4 is 14.8 Å². The predicted octanol–water partition coefficient (Wildman–Crippen LogP) is 3.77. The van der Waals surface area contributed by atoms with Gasteiger partial charge in [0.25, 0.3) is 5.91 Å².